The molecule has 0 saturated carbocycles. The summed E-state index contributed by atoms with van der Waals surface area (Å²) in [6, 6.07) is 0. The summed E-state index contributed by atoms with van der Waals surface area (Å²) in [7, 11) is -10.00. The molecular formula is C83H140O17P2. The third kappa shape index (κ3) is 73.5. The summed E-state index contributed by atoms with van der Waals surface area (Å²) in [5.41, 5.74) is 0. The molecule has 0 heterocycles. The van der Waals surface area contributed by atoms with Crippen LogP contribution < -0.4 is 0 Å². The highest BCUT2D eigenvalue weighted by atomic mass is 31.2. The summed E-state index contributed by atoms with van der Waals surface area (Å²) >= 11 is 0. The second-order valence-electron chi connectivity index (χ2n) is 25.9. The van der Waals surface area contributed by atoms with Gasteiger partial charge in [0.1, 0.15) is 19.3 Å². The molecule has 3 N–H and O–H groups in total. The van der Waals surface area contributed by atoms with Gasteiger partial charge in [-0.1, -0.05) is 328 Å². The Balaban J connectivity index is 5.46. The first-order valence-corrected chi connectivity index (χ1v) is 42.4. The normalized spacial score (nSPS) is 14.6. The molecule has 0 aliphatic heterocycles. The van der Waals surface area contributed by atoms with Crippen molar-refractivity contribution < 1.29 is 80.2 Å². The van der Waals surface area contributed by atoms with Crippen LogP contribution >= 0.6 is 15.6 Å². The fraction of sp³-hybridized carbons (Fsp3) is 0.687. The lowest BCUT2D eigenvalue weighted by Gasteiger charge is -2.21. The van der Waals surface area contributed by atoms with E-state index in [0.717, 1.165) is 109 Å². The first kappa shape index (κ1) is 97.2. The summed E-state index contributed by atoms with van der Waals surface area (Å²) in [5.74, 6) is -2.41. The molecule has 102 heavy (non-hydrogen) atoms. The van der Waals surface area contributed by atoms with E-state index in [2.05, 4.69) is 119 Å². The molecule has 17 nitrogen and oxygen atoms in total. The van der Waals surface area contributed by atoms with Gasteiger partial charge in [0.05, 0.1) is 32.8 Å². The van der Waals surface area contributed by atoms with Crippen LogP contribution in [0.25, 0.3) is 0 Å². The molecule has 584 valence electrons. The number of hydrogen-bond donors (Lipinski definition) is 3. The van der Waals surface area contributed by atoms with Crippen LogP contribution in [0.3, 0.4) is 0 Å². The first-order valence-electron chi connectivity index (χ1n) is 39.4. The van der Waals surface area contributed by atoms with Crippen molar-refractivity contribution in [1.29, 1.82) is 0 Å². The maximum atomic E-state index is 13.1. The lowest BCUT2D eigenvalue weighted by atomic mass is 10.0. The van der Waals surface area contributed by atoms with E-state index < -0.39 is 97.5 Å². The van der Waals surface area contributed by atoms with E-state index in [4.69, 9.17) is 37.0 Å². The zero-order chi connectivity index (χ0) is 74.6. The Morgan fingerprint density at radius 1 is 0.294 bits per heavy atom. The predicted octanol–water partition coefficient (Wildman–Crippen LogP) is 22.9. The number of unbranched alkanes of at least 4 members (excludes halogenated alkanes) is 26. The molecule has 0 amide bonds. The molecule has 0 aromatic rings. The number of ether oxygens (including phenoxy) is 4. The van der Waals surface area contributed by atoms with Crippen molar-refractivity contribution in [2.45, 2.75) is 329 Å². The molecule has 0 aromatic heterocycles. The molecular weight excluding hydrogens is 1330 g/mol. The number of phosphoric acid groups is 2. The van der Waals surface area contributed by atoms with Crippen molar-refractivity contribution in [3.05, 3.63) is 134 Å². The number of aliphatic hydroxyl groups excluding tert-OH is 1. The van der Waals surface area contributed by atoms with Gasteiger partial charge in [-0.05, 0) is 89.9 Å². The molecule has 0 saturated heterocycles. The van der Waals surface area contributed by atoms with Gasteiger partial charge < -0.3 is 33.8 Å². The fourth-order valence-corrected chi connectivity index (χ4v) is 11.8. The number of esters is 4. The Kier molecular flexibility index (Phi) is 71.0. The summed E-state index contributed by atoms with van der Waals surface area (Å²) in [4.78, 5) is 72.8. The van der Waals surface area contributed by atoms with Gasteiger partial charge in [0.15, 0.2) is 12.2 Å². The molecule has 0 aromatic carbocycles. The van der Waals surface area contributed by atoms with Crippen molar-refractivity contribution in [3.63, 3.8) is 0 Å². The van der Waals surface area contributed by atoms with E-state index in [1.165, 1.54) is 116 Å². The largest absolute Gasteiger partial charge is 0.472 e. The molecule has 0 aliphatic carbocycles. The van der Waals surface area contributed by atoms with Crippen LogP contribution in [0, 0.1) is 0 Å². The second-order valence-corrected chi connectivity index (χ2v) is 28.8. The fourth-order valence-electron chi connectivity index (χ4n) is 10.3. The van der Waals surface area contributed by atoms with Gasteiger partial charge in [-0.15, -0.1) is 0 Å². The molecule has 0 spiro atoms. The average molecular weight is 1470 g/mol. The lowest BCUT2D eigenvalue weighted by molar-refractivity contribution is -0.161. The maximum absolute atomic E-state index is 13.1. The van der Waals surface area contributed by atoms with E-state index in [0.29, 0.717) is 32.1 Å². The first-order chi connectivity index (χ1) is 49.7. The van der Waals surface area contributed by atoms with Crippen molar-refractivity contribution >= 4 is 39.5 Å². The van der Waals surface area contributed by atoms with E-state index in [1.54, 1.807) is 6.08 Å². The lowest BCUT2D eigenvalue weighted by Crippen LogP contribution is -2.30. The van der Waals surface area contributed by atoms with Gasteiger partial charge in [-0.3, -0.25) is 37.3 Å². The molecule has 0 bridgehead atoms. The number of rotatable bonds is 73. The Morgan fingerprint density at radius 3 is 0.853 bits per heavy atom. The van der Waals surface area contributed by atoms with Crippen LogP contribution in [0.1, 0.15) is 310 Å². The quantitative estimate of drug-likeness (QED) is 0.0169. The molecule has 19 heteroatoms. The third-order valence-corrected chi connectivity index (χ3v) is 18.1. The predicted molar refractivity (Wildman–Crippen MR) is 418 cm³/mol. The molecule has 0 radical (unpaired) electrons. The molecule has 5 atom stereocenters. The van der Waals surface area contributed by atoms with Gasteiger partial charge >= 0.3 is 39.5 Å². The number of carbonyl (C=O) groups is 4. The van der Waals surface area contributed by atoms with Crippen molar-refractivity contribution in [3.8, 4) is 0 Å². The van der Waals surface area contributed by atoms with Crippen LogP contribution in [-0.2, 0) is 65.4 Å². The zero-order valence-corrected chi connectivity index (χ0v) is 65.5. The van der Waals surface area contributed by atoms with E-state index in [1.807, 2.05) is 36.5 Å². The van der Waals surface area contributed by atoms with Crippen molar-refractivity contribution in [1.82, 2.24) is 0 Å². The van der Waals surface area contributed by atoms with Crippen LogP contribution in [0.5, 0.6) is 0 Å². The van der Waals surface area contributed by atoms with E-state index >= 15 is 0 Å². The highest BCUT2D eigenvalue weighted by Gasteiger charge is 2.30. The number of aliphatic hydroxyl groups is 1. The highest BCUT2D eigenvalue weighted by molar-refractivity contribution is 7.47. The van der Waals surface area contributed by atoms with Crippen molar-refractivity contribution in [2.75, 3.05) is 39.6 Å². The molecule has 0 aliphatic rings. The van der Waals surface area contributed by atoms with Crippen molar-refractivity contribution in [2.24, 2.45) is 0 Å². The van der Waals surface area contributed by atoms with Gasteiger partial charge in [-0.2, -0.15) is 0 Å². The number of allylic oxidation sites excluding steroid dienone is 21. The summed E-state index contributed by atoms with van der Waals surface area (Å²) in [6.45, 7) is 4.47. The number of phosphoric ester groups is 2. The van der Waals surface area contributed by atoms with Gasteiger partial charge in [0, 0.05) is 19.3 Å². The topological polar surface area (TPSA) is 237 Å². The van der Waals surface area contributed by atoms with Crippen LogP contribution in [0.15, 0.2) is 134 Å². The maximum Gasteiger partial charge on any atom is 0.472 e. The molecule has 0 rings (SSSR count). The summed E-state index contributed by atoms with van der Waals surface area (Å²) in [5, 5.41) is 10.6. The minimum absolute atomic E-state index is 0.0339. The molecule has 0 fully saturated rings. The summed E-state index contributed by atoms with van der Waals surface area (Å²) in [6.07, 6.45) is 83.4. The smallest absolute Gasteiger partial charge is 0.462 e. The van der Waals surface area contributed by atoms with Crippen LogP contribution in [0.2, 0.25) is 0 Å². The highest BCUT2D eigenvalue weighted by Crippen LogP contribution is 2.45. The number of carbonyl (C=O) groups excluding carboxylic acids is 4. The van der Waals surface area contributed by atoms with E-state index in [-0.39, 0.29) is 25.7 Å². The third-order valence-electron chi connectivity index (χ3n) is 16.2. The van der Waals surface area contributed by atoms with Gasteiger partial charge in [0.2, 0.25) is 0 Å². The Hall–Kier alpha value is -4.80. The Labute approximate surface area is 618 Å². The average Bonchev–Trinajstić information content (AvgIpc) is 0.924. The van der Waals surface area contributed by atoms with Gasteiger partial charge in [0.25, 0.3) is 0 Å². The van der Waals surface area contributed by atoms with E-state index in [9.17, 15) is 43.2 Å². The summed E-state index contributed by atoms with van der Waals surface area (Å²) < 4.78 is 68.4. The standard InChI is InChI=1S/C83H140O17P2/c1-5-9-13-17-21-25-29-33-36-37-38-39-42-45-48-52-56-60-64-68-81(86)94-74-79(100-83(88)70-66-62-58-54-50-46-41-35-31-27-23-19-15-11-7-3)76-98-102(91,92)96-72-77(84)71-95-101(89,90)97-75-78(99-82(87)69-65-61-57-53-49-43-32-28-24-20-16-12-8-4)73-93-80(85)67-63-59-55-51-47-44-40-34-30-26-22-18-14-10-6-2/h9-10,13-14,21-22,25-26,33-34,36,38-40,45,47-48,51,56,59-60,63,77-79,84H,5-8,11-12,15-20,23-24,27-32,35,37,41-44,46,49-50,52-55,57-58,61-62,64-76H2,1-4H3,(H,89,90)(H,91,92)/b13-9-,14-10-,25-21-,26-22-,36-33-,39-38-,40-34-,48-45-,51-47-,60-56-,63-59-. The number of hydrogen-bond acceptors (Lipinski definition) is 15. The second kappa shape index (κ2) is 74.5. The zero-order valence-electron chi connectivity index (χ0n) is 63.7. The van der Waals surface area contributed by atoms with Gasteiger partial charge in [-0.25, -0.2) is 9.13 Å². The monoisotopic (exact) mass is 1470 g/mol. The Bertz CT molecular complexity index is 2460. The molecule has 5 unspecified atom stereocenters. The SMILES string of the molecule is CC/C=C\C/C=C\C/C=C\C/C=C\C/C=C\C/C=C\CCC(=O)OCC(COP(=O)(O)OCC(O)COP(=O)(O)OCC(COC(=O)C/C=C\C/C=C\C/C=C\C/C=C\C/C=C\CC)OC(=O)CCCCCCCCCCCCCCC)OC(=O)CCCCCCCCCCCCCCCCC. The minimum atomic E-state index is -5.00. The Morgan fingerprint density at radius 2 is 0.549 bits per heavy atom. The minimum Gasteiger partial charge on any atom is -0.462 e. The van der Waals surface area contributed by atoms with Crippen LogP contribution in [-0.4, -0.2) is 96.7 Å². The van der Waals surface area contributed by atoms with Crippen LogP contribution in [0.4, 0.5) is 0 Å².